The van der Waals surface area contributed by atoms with Crippen molar-refractivity contribution in [2.75, 3.05) is 20.1 Å². The summed E-state index contributed by atoms with van der Waals surface area (Å²) < 4.78 is 26.6. The Balaban J connectivity index is 2.42. The Morgan fingerprint density at radius 3 is 2.81 bits per heavy atom. The van der Waals surface area contributed by atoms with E-state index in [9.17, 15) is 18.5 Å². The number of hydrogen-bond acceptors (Lipinski definition) is 5. The van der Waals surface area contributed by atoms with E-state index in [2.05, 4.69) is 5.32 Å². The van der Waals surface area contributed by atoms with E-state index in [4.69, 9.17) is 11.6 Å². The van der Waals surface area contributed by atoms with Crippen LogP contribution < -0.4 is 5.32 Å². The van der Waals surface area contributed by atoms with Crippen molar-refractivity contribution in [1.29, 1.82) is 0 Å². The molecule has 1 aromatic rings. The van der Waals surface area contributed by atoms with E-state index in [0.29, 0.717) is 19.5 Å². The predicted octanol–water partition coefficient (Wildman–Crippen LogP) is 1.62. The van der Waals surface area contributed by atoms with E-state index in [1.807, 2.05) is 0 Å². The third kappa shape index (κ3) is 3.34. The first kappa shape index (κ1) is 16.2. The molecule has 21 heavy (non-hydrogen) atoms. The average Bonchev–Trinajstić information content (AvgIpc) is 2.46. The van der Waals surface area contributed by atoms with Crippen molar-refractivity contribution in [3.05, 3.63) is 33.3 Å². The van der Waals surface area contributed by atoms with Crippen molar-refractivity contribution >= 4 is 27.3 Å². The maximum atomic E-state index is 12.6. The van der Waals surface area contributed by atoms with E-state index in [-0.39, 0.29) is 16.0 Å². The van der Waals surface area contributed by atoms with Gasteiger partial charge in [-0.1, -0.05) is 11.6 Å². The second-order valence-electron chi connectivity index (χ2n) is 4.86. The van der Waals surface area contributed by atoms with Crippen LogP contribution in [0.3, 0.4) is 0 Å². The predicted molar refractivity (Wildman–Crippen MR) is 78.9 cm³/mol. The highest BCUT2D eigenvalue weighted by molar-refractivity contribution is 7.89. The number of nitro groups is 1. The summed E-state index contributed by atoms with van der Waals surface area (Å²) in [6.45, 7) is 0.666. The van der Waals surface area contributed by atoms with Crippen LogP contribution in [0.2, 0.25) is 5.02 Å². The fraction of sp³-hybridized carbons (Fsp3) is 0.500. The lowest BCUT2D eigenvalue weighted by molar-refractivity contribution is -0.387. The molecular weight excluding hydrogens is 318 g/mol. The van der Waals surface area contributed by atoms with E-state index >= 15 is 0 Å². The maximum Gasteiger partial charge on any atom is 0.290 e. The van der Waals surface area contributed by atoms with E-state index in [0.717, 1.165) is 12.5 Å². The Labute approximate surface area is 128 Å². The molecule has 1 N–H and O–H groups in total. The van der Waals surface area contributed by atoms with Crippen molar-refractivity contribution in [2.24, 2.45) is 0 Å². The van der Waals surface area contributed by atoms with Gasteiger partial charge in [0.15, 0.2) is 4.90 Å². The van der Waals surface area contributed by atoms with Crippen molar-refractivity contribution in [3.8, 4) is 0 Å². The van der Waals surface area contributed by atoms with E-state index < -0.39 is 20.6 Å². The Bertz CT molecular complexity index is 650. The van der Waals surface area contributed by atoms with E-state index in [1.165, 1.54) is 16.4 Å². The molecule has 0 bridgehead atoms. The molecule has 1 saturated heterocycles. The number of nitro benzene ring substituents is 1. The summed E-state index contributed by atoms with van der Waals surface area (Å²) in [5.41, 5.74) is -0.492. The first-order valence-corrected chi connectivity index (χ1v) is 8.29. The lowest BCUT2D eigenvalue weighted by atomic mass is 10.1. The highest BCUT2D eigenvalue weighted by Crippen LogP contribution is 2.30. The van der Waals surface area contributed by atoms with Crippen LogP contribution in [0, 0.1) is 10.1 Å². The molecule has 1 aliphatic rings. The van der Waals surface area contributed by atoms with Crippen molar-refractivity contribution in [3.63, 3.8) is 0 Å². The van der Waals surface area contributed by atoms with E-state index in [1.54, 1.807) is 7.05 Å². The maximum absolute atomic E-state index is 12.6. The molecular formula is C12H16ClN3O4S. The Morgan fingerprint density at radius 1 is 1.48 bits per heavy atom. The summed E-state index contributed by atoms with van der Waals surface area (Å²) in [6.07, 6.45) is 1.59. The topological polar surface area (TPSA) is 92.6 Å². The number of nitrogens with one attached hydrogen (secondary N) is 1. The monoisotopic (exact) mass is 333 g/mol. The Kier molecular flexibility index (Phi) is 4.82. The molecule has 7 nitrogen and oxygen atoms in total. The van der Waals surface area contributed by atoms with Gasteiger partial charge in [0.25, 0.3) is 5.69 Å². The number of benzene rings is 1. The quantitative estimate of drug-likeness (QED) is 0.667. The third-order valence-corrected chi connectivity index (χ3v) is 5.68. The minimum Gasteiger partial charge on any atom is -0.316 e. The average molecular weight is 334 g/mol. The first-order chi connectivity index (χ1) is 9.86. The molecule has 0 saturated carbocycles. The third-order valence-electron chi connectivity index (χ3n) is 3.53. The molecule has 2 rings (SSSR count). The molecule has 1 heterocycles. The zero-order chi connectivity index (χ0) is 15.6. The molecule has 1 aromatic carbocycles. The highest BCUT2D eigenvalue weighted by Gasteiger charge is 2.34. The van der Waals surface area contributed by atoms with Gasteiger partial charge in [-0.3, -0.25) is 10.1 Å². The van der Waals surface area contributed by atoms with Crippen molar-refractivity contribution < 1.29 is 13.3 Å². The van der Waals surface area contributed by atoms with Gasteiger partial charge in [0.2, 0.25) is 10.0 Å². The minimum atomic E-state index is -3.90. The molecule has 0 aliphatic carbocycles. The van der Waals surface area contributed by atoms with Gasteiger partial charge in [-0.05, 0) is 32.0 Å². The second-order valence-corrected chi connectivity index (χ2v) is 7.20. The van der Waals surface area contributed by atoms with Gasteiger partial charge >= 0.3 is 0 Å². The summed E-state index contributed by atoms with van der Waals surface area (Å²) in [5, 5.41) is 14.3. The van der Waals surface area contributed by atoms with Crippen molar-refractivity contribution in [2.45, 2.75) is 23.8 Å². The molecule has 9 heteroatoms. The molecule has 1 atom stereocenters. The summed E-state index contributed by atoms with van der Waals surface area (Å²) in [6, 6.07) is 3.66. The second kappa shape index (κ2) is 6.27. The highest BCUT2D eigenvalue weighted by atomic mass is 35.5. The van der Waals surface area contributed by atoms with Crippen molar-refractivity contribution in [1.82, 2.24) is 9.62 Å². The van der Waals surface area contributed by atoms with Crippen LogP contribution in [0.25, 0.3) is 0 Å². The minimum absolute atomic E-state index is 0.0554. The van der Waals surface area contributed by atoms with Crippen LogP contribution >= 0.6 is 11.6 Å². The fourth-order valence-corrected chi connectivity index (χ4v) is 4.21. The van der Waals surface area contributed by atoms with Crippen LogP contribution in [-0.4, -0.2) is 43.8 Å². The lowest BCUT2D eigenvalue weighted by Crippen LogP contribution is -2.46. The van der Waals surface area contributed by atoms with Crippen LogP contribution in [0.4, 0.5) is 5.69 Å². The molecule has 1 unspecified atom stereocenters. The van der Waals surface area contributed by atoms with Gasteiger partial charge < -0.3 is 5.32 Å². The van der Waals surface area contributed by atoms with Crippen LogP contribution in [-0.2, 0) is 10.0 Å². The summed E-state index contributed by atoms with van der Waals surface area (Å²) in [4.78, 5) is 10.0. The van der Waals surface area contributed by atoms with Gasteiger partial charge in [-0.2, -0.15) is 4.31 Å². The van der Waals surface area contributed by atoms with Crippen LogP contribution in [0.5, 0.6) is 0 Å². The Hall–Kier alpha value is -1.22. The lowest BCUT2D eigenvalue weighted by Gasteiger charge is -2.31. The number of likely N-dealkylation sites (N-methyl/N-ethyl adjacent to an activating group) is 1. The number of hydrogen-bond donors (Lipinski definition) is 1. The molecule has 0 spiro atoms. The molecule has 0 radical (unpaired) electrons. The SMILES string of the molecule is CNC1CCCN(S(=O)(=O)c2ccc(Cl)cc2[N+](=O)[O-])C1. The molecule has 116 valence electrons. The van der Waals surface area contributed by atoms with Gasteiger partial charge in [0.05, 0.1) is 4.92 Å². The number of sulfonamides is 1. The van der Waals surface area contributed by atoms with Gasteiger partial charge in [0, 0.05) is 30.2 Å². The molecule has 1 aliphatic heterocycles. The largest absolute Gasteiger partial charge is 0.316 e. The van der Waals surface area contributed by atoms with Gasteiger partial charge in [0.1, 0.15) is 0 Å². The smallest absolute Gasteiger partial charge is 0.290 e. The summed E-state index contributed by atoms with van der Waals surface area (Å²) in [7, 11) is -2.14. The molecule has 0 aromatic heterocycles. The summed E-state index contributed by atoms with van der Waals surface area (Å²) >= 11 is 5.72. The fourth-order valence-electron chi connectivity index (χ4n) is 2.39. The molecule has 0 amide bonds. The van der Waals surface area contributed by atoms with Gasteiger partial charge in [-0.15, -0.1) is 0 Å². The first-order valence-electron chi connectivity index (χ1n) is 6.47. The van der Waals surface area contributed by atoms with Crippen LogP contribution in [0.1, 0.15) is 12.8 Å². The standard InChI is InChI=1S/C12H16ClN3O4S/c1-14-10-3-2-6-15(8-10)21(19,20)12-5-4-9(13)7-11(12)16(17)18/h4-5,7,10,14H,2-3,6,8H2,1H3. The summed E-state index contributed by atoms with van der Waals surface area (Å²) in [5.74, 6) is 0. The normalized spacial score (nSPS) is 20.4. The van der Waals surface area contributed by atoms with Gasteiger partial charge in [-0.25, -0.2) is 8.42 Å². The molecule has 1 fully saturated rings. The number of piperidine rings is 1. The number of nitrogens with zero attached hydrogens (tertiary/aromatic N) is 2. The van der Waals surface area contributed by atoms with Crippen LogP contribution in [0.15, 0.2) is 23.1 Å². The number of rotatable bonds is 4. The number of halogens is 1. The zero-order valence-corrected chi connectivity index (χ0v) is 13.0. The zero-order valence-electron chi connectivity index (χ0n) is 11.5. The Morgan fingerprint density at radius 2 is 2.19 bits per heavy atom.